The van der Waals surface area contributed by atoms with Gasteiger partial charge in [-0.1, -0.05) is 5.16 Å². The number of methoxy groups -OCH3 is 4. The summed E-state index contributed by atoms with van der Waals surface area (Å²) in [5.41, 5.74) is 1.70. The Labute approximate surface area is 172 Å². The first kappa shape index (κ1) is 21.5. The summed E-state index contributed by atoms with van der Waals surface area (Å²) in [5, 5.41) is 3.86. The van der Waals surface area contributed by atoms with Crippen LogP contribution in [0.25, 0.3) is 22.5 Å². The number of phosphoric ester groups is 1. The molecule has 0 fully saturated rings. The van der Waals surface area contributed by atoms with E-state index in [1.165, 1.54) is 46.8 Å². The molecule has 0 atom stereocenters. The van der Waals surface area contributed by atoms with Crippen LogP contribution < -0.4 is 23.5 Å². The van der Waals surface area contributed by atoms with Crippen LogP contribution in [0.5, 0.6) is 28.7 Å². The lowest BCUT2D eigenvalue weighted by atomic mass is 10.0. The first-order chi connectivity index (χ1) is 14.3. The van der Waals surface area contributed by atoms with Gasteiger partial charge in [-0.25, -0.2) is 4.57 Å². The molecule has 1 heterocycles. The second kappa shape index (κ2) is 8.66. The van der Waals surface area contributed by atoms with Crippen LogP contribution in [0.2, 0.25) is 0 Å². The molecule has 2 N–H and O–H groups in total. The summed E-state index contributed by atoms with van der Waals surface area (Å²) in [7, 11) is 1.07. The van der Waals surface area contributed by atoms with Gasteiger partial charge in [0.25, 0.3) is 0 Å². The van der Waals surface area contributed by atoms with Crippen molar-refractivity contribution in [3.63, 3.8) is 0 Å². The van der Waals surface area contributed by atoms with Crippen molar-refractivity contribution < 1.29 is 42.3 Å². The molecule has 10 nitrogen and oxygen atoms in total. The van der Waals surface area contributed by atoms with Crippen LogP contribution in [0.1, 0.15) is 0 Å². The fraction of sp³-hybridized carbons (Fsp3) is 0.211. The number of benzene rings is 2. The molecule has 3 aromatic rings. The number of hydrogen-bond donors (Lipinski definition) is 2. The minimum absolute atomic E-state index is 0.143. The van der Waals surface area contributed by atoms with Crippen LogP contribution >= 0.6 is 7.82 Å². The fourth-order valence-electron chi connectivity index (χ4n) is 2.91. The Kier molecular flexibility index (Phi) is 6.21. The van der Waals surface area contributed by atoms with Gasteiger partial charge < -0.3 is 28.0 Å². The molecule has 0 spiro atoms. The zero-order chi connectivity index (χ0) is 21.9. The number of hydrogen-bond acceptors (Lipinski definition) is 8. The van der Waals surface area contributed by atoms with E-state index in [1.54, 1.807) is 18.2 Å². The summed E-state index contributed by atoms with van der Waals surface area (Å²) in [6.45, 7) is 0. The average Bonchev–Trinajstić information content (AvgIpc) is 3.21. The Morgan fingerprint density at radius 3 is 1.97 bits per heavy atom. The number of ether oxygens (including phenoxy) is 4. The highest BCUT2D eigenvalue weighted by molar-refractivity contribution is 7.46. The van der Waals surface area contributed by atoms with Crippen LogP contribution in [-0.4, -0.2) is 43.4 Å². The second-order valence-corrected chi connectivity index (χ2v) is 7.09. The van der Waals surface area contributed by atoms with E-state index in [1.807, 2.05) is 0 Å². The van der Waals surface area contributed by atoms with Crippen molar-refractivity contribution in [2.45, 2.75) is 0 Å². The van der Waals surface area contributed by atoms with E-state index < -0.39 is 7.82 Å². The first-order valence-corrected chi connectivity index (χ1v) is 10.0. The highest BCUT2D eigenvalue weighted by Gasteiger charge is 2.23. The minimum atomic E-state index is -4.80. The minimum Gasteiger partial charge on any atom is -0.493 e. The molecule has 2 aromatic carbocycles. The second-order valence-electron chi connectivity index (χ2n) is 5.93. The average molecular weight is 437 g/mol. The quantitative estimate of drug-likeness (QED) is 0.505. The molecule has 3 rings (SSSR count). The highest BCUT2D eigenvalue weighted by Crippen LogP contribution is 2.46. The van der Waals surface area contributed by atoms with Crippen LogP contribution in [0.15, 0.2) is 41.1 Å². The van der Waals surface area contributed by atoms with Crippen molar-refractivity contribution in [2.75, 3.05) is 28.4 Å². The molecule has 0 unspecified atom stereocenters. The van der Waals surface area contributed by atoms with Crippen LogP contribution in [0, 0.1) is 0 Å². The molecule has 1 aromatic heterocycles. The summed E-state index contributed by atoms with van der Waals surface area (Å²) in [5.74, 6) is 1.66. The van der Waals surface area contributed by atoms with Crippen molar-refractivity contribution in [3.8, 4) is 51.2 Å². The zero-order valence-corrected chi connectivity index (χ0v) is 17.5. The summed E-state index contributed by atoms with van der Waals surface area (Å²) >= 11 is 0. The molecule has 30 heavy (non-hydrogen) atoms. The van der Waals surface area contributed by atoms with Gasteiger partial charge in [-0.3, -0.25) is 9.79 Å². The van der Waals surface area contributed by atoms with Gasteiger partial charge in [0, 0.05) is 11.1 Å². The molecule has 0 saturated heterocycles. The van der Waals surface area contributed by atoms with Gasteiger partial charge in [-0.15, -0.1) is 0 Å². The van der Waals surface area contributed by atoms with E-state index in [4.69, 9.17) is 37.8 Å². The molecule has 160 valence electrons. The van der Waals surface area contributed by atoms with Gasteiger partial charge in [0.2, 0.25) is 5.75 Å². The van der Waals surface area contributed by atoms with Crippen molar-refractivity contribution in [2.24, 2.45) is 0 Å². The van der Waals surface area contributed by atoms with Crippen LogP contribution in [0.4, 0.5) is 0 Å². The lowest BCUT2D eigenvalue weighted by molar-refractivity contribution is 0.276. The maximum Gasteiger partial charge on any atom is 0.524 e. The van der Waals surface area contributed by atoms with Gasteiger partial charge in [0.15, 0.2) is 28.8 Å². The summed E-state index contributed by atoms with van der Waals surface area (Å²) < 4.78 is 42.7. The van der Waals surface area contributed by atoms with Gasteiger partial charge in [0.05, 0.1) is 34.6 Å². The van der Waals surface area contributed by atoms with Crippen molar-refractivity contribution in [1.29, 1.82) is 0 Å². The maximum atomic E-state index is 11.3. The van der Waals surface area contributed by atoms with Crippen LogP contribution in [-0.2, 0) is 4.57 Å². The van der Waals surface area contributed by atoms with Gasteiger partial charge in [-0.2, -0.15) is 0 Å². The molecular formula is C19H20NO9P. The van der Waals surface area contributed by atoms with Crippen LogP contribution in [0.3, 0.4) is 0 Å². The number of aromatic nitrogens is 1. The topological polar surface area (TPSA) is 130 Å². The third-order valence-electron chi connectivity index (χ3n) is 4.19. The Balaban J connectivity index is 2.13. The Hall–Kier alpha value is -3.20. The van der Waals surface area contributed by atoms with Gasteiger partial charge >= 0.3 is 7.82 Å². The van der Waals surface area contributed by atoms with E-state index in [-0.39, 0.29) is 11.5 Å². The predicted molar refractivity (Wildman–Crippen MR) is 106 cm³/mol. The zero-order valence-electron chi connectivity index (χ0n) is 16.6. The monoisotopic (exact) mass is 437 g/mol. The Morgan fingerprint density at radius 2 is 1.43 bits per heavy atom. The van der Waals surface area contributed by atoms with Gasteiger partial charge in [0.1, 0.15) is 0 Å². The molecule has 0 amide bonds. The Bertz CT molecular complexity index is 1060. The molecule has 11 heteroatoms. The van der Waals surface area contributed by atoms with Crippen molar-refractivity contribution in [1.82, 2.24) is 5.16 Å². The van der Waals surface area contributed by atoms with E-state index in [2.05, 4.69) is 5.16 Å². The first-order valence-electron chi connectivity index (χ1n) is 8.50. The van der Waals surface area contributed by atoms with E-state index >= 15 is 0 Å². The van der Waals surface area contributed by atoms with Crippen molar-refractivity contribution >= 4 is 7.82 Å². The molecular weight excluding hydrogens is 417 g/mol. The van der Waals surface area contributed by atoms with E-state index in [9.17, 15) is 4.57 Å². The SMILES string of the molecule is COc1ccc(-c2oncc2-c2cc(OC)c(OC)c(OC)c2)cc1OP(=O)(O)O. The van der Waals surface area contributed by atoms with Crippen molar-refractivity contribution in [3.05, 3.63) is 36.5 Å². The lowest BCUT2D eigenvalue weighted by Gasteiger charge is -2.14. The largest absolute Gasteiger partial charge is 0.524 e. The van der Waals surface area contributed by atoms with E-state index in [0.29, 0.717) is 39.7 Å². The fourth-order valence-corrected chi connectivity index (χ4v) is 3.31. The molecule has 0 aliphatic rings. The molecule has 0 bridgehead atoms. The number of nitrogens with zero attached hydrogens (tertiary/aromatic N) is 1. The maximum absolute atomic E-state index is 11.3. The smallest absolute Gasteiger partial charge is 0.493 e. The summed E-state index contributed by atoms with van der Waals surface area (Å²) in [6.07, 6.45) is 1.50. The Morgan fingerprint density at radius 1 is 0.833 bits per heavy atom. The summed E-state index contributed by atoms with van der Waals surface area (Å²) in [4.78, 5) is 18.3. The molecule has 0 aliphatic carbocycles. The predicted octanol–water partition coefficient (Wildman–Crippen LogP) is 3.51. The molecule has 0 aliphatic heterocycles. The standard InChI is InChI=1S/C19H20NO9P/c1-24-14-6-5-11(7-15(14)29-30(21,22)23)18-13(10-20-28-18)12-8-16(25-2)19(27-4)17(9-12)26-3/h5-10H,1-4H3,(H2,21,22,23). The normalized spacial score (nSPS) is 11.1. The van der Waals surface area contributed by atoms with Gasteiger partial charge in [-0.05, 0) is 35.9 Å². The third-order valence-corrected chi connectivity index (χ3v) is 4.62. The van der Waals surface area contributed by atoms with E-state index in [0.717, 1.165) is 0 Å². The number of rotatable bonds is 8. The lowest BCUT2D eigenvalue weighted by Crippen LogP contribution is -1.96. The third kappa shape index (κ3) is 4.35. The molecule has 0 saturated carbocycles. The molecule has 0 radical (unpaired) electrons. The number of phosphoric acid groups is 1. The summed E-state index contributed by atoms with van der Waals surface area (Å²) in [6, 6.07) is 8.00. The highest BCUT2D eigenvalue weighted by atomic mass is 31.2.